The summed E-state index contributed by atoms with van der Waals surface area (Å²) in [6, 6.07) is 11.2. The van der Waals surface area contributed by atoms with Crippen LogP contribution in [0.15, 0.2) is 52.3 Å². The number of anilines is 2. The van der Waals surface area contributed by atoms with Gasteiger partial charge in [0.15, 0.2) is 6.29 Å². The van der Waals surface area contributed by atoms with E-state index >= 15 is 0 Å². The smallest absolute Gasteiger partial charge is 0.252 e. The van der Waals surface area contributed by atoms with Gasteiger partial charge in [0, 0.05) is 15.4 Å². The Kier molecular flexibility index (Phi) is 10.4. The number of unbranched alkanes of at least 4 members (excludes halogenated alkanes) is 1. The van der Waals surface area contributed by atoms with Crippen molar-refractivity contribution in [1.82, 2.24) is 16.0 Å². The molecular weight excluding hydrogens is 530 g/mol. The summed E-state index contributed by atoms with van der Waals surface area (Å²) in [7, 11) is 0. The van der Waals surface area contributed by atoms with Crippen LogP contribution in [0.1, 0.15) is 56.3 Å². The number of nitrogens with one attached hydrogen (secondary N) is 4. The molecule has 2 aromatic carbocycles. The summed E-state index contributed by atoms with van der Waals surface area (Å²) in [6.45, 7) is 4.75. The minimum Gasteiger partial charge on any atom is -0.366 e. The van der Waals surface area contributed by atoms with E-state index in [9.17, 15) is 19.5 Å². The second-order valence-electron chi connectivity index (χ2n) is 10.6. The molecule has 0 aliphatic carbocycles. The van der Waals surface area contributed by atoms with Crippen molar-refractivity contribution in [2.75, 3.05) is 18.5 Å². The Bertz CT molecular complexity index is 1210. The lowest BCUT2D eigenvalue weighted by Gasteiger charge is -2.26. The monoisotopic (exact) mass is 569 g/mol. The third-order valence-corrected chi connectivity index (χ3v) is 8.07. The molecule has 2 aromatic rings. The molecule has 1 fully saturated rings. The first-order valence-corrected chi connectivity index (χ1v) is 14.7. The van der Waals surface area contributed by atoms with Gasteiger partial charge in [-0.1, -0.05) is 37.7 Å². The van der Waals surface area contributed by atoms with Gasteiger partial charge >= 0.3 is 0 Å². The number of rotatable bonds is 12. The molecule has 10 nitrogen and oxygen atoms in total. The van der Waals surface area contributed by atoms with Crippen LogP contribution in [0.25, 0.3) is 0 Å². The molecule has 216 valence electrons. The van der Waals surface area contributed by atoms with Crippen molar-refractivity contribution in [3.63, 3.8) is 0 Å². The maximum atomic E-state index is 13.4. The SMILES string of the molecule is CC(C)C[C@H](NC(=O)[C@H](CCCCN)NC(=O)c1ccc2c(c1)Nc1ccccc1S2)C(=O)N[C@H]1CCOC1O. The van der Waals surface area contributed by atoms with Gasteiger partial charge in [-0.05, 0) is 74.9 Å². The summed E-state index contributed by atoms with van der Waals surface area (Å²) in [5.74, 6) is -1.08. The van der Waals surface area contributed by atoms with Crippen LogP contribution in [-0.4, -0.2) is 60.4 Å². The lowest BCUT2D eigenvalue weighted by Crippen LogP contribution is -2.56. The summed E-state index contributed by atoms with van der Waals surface area (Å²) < 4.78 is 5.13. The number of carbonyl (C=O) groups excluding carboxylic acids is 3. The number of ether oxygens (including phenoxy) is 1. The van der Waals surface area contributed by atoms with Gasteiger partial charge in [-0.15, -0.1) is 0 Å². The van der Waals surface area contributed by atoms with E-state index in [0.29, 0.717) is 50.8 Å². The van der Waals surface area contributed by atoms with Crippen LogP contribution >= 0.6 is 11.8 Å². The highest BCUT2D eigenvalue weighted by Gasteiger charge is 2.32. The molecule has 0 radical (unpaired) electrons. The number of para-hydroxylation sites is 1. The number of hydrogen-bond donors (Lipinski definition) is 6. The van der Waals surface area contributed by atoms with Gasteiger partial charge in [-0.3, -0.25) is 14.4 Å². The lowest BCUT2D eigenvalue weighted by molar-refractivity contribution is -0.132. The number of hydrogen-bond acceptors (Lipinski definition) is 8. The number of nitrogens with two attached hydrogens (primary N) is 1. The summed E-state index contributed by atoms with van der Waals surface area (Å²) in [5, 5.41) is 21.8. The first-order chi connectivity index (χ1) is 19.2. The van der Waals surface area contributed by atoms with E-state index in [4.69, 9.17) is 10.5 Å². The van der Waals surface area contributed by atoms with Gasteiger partial charge in [0.1, 0.15) is 12.1 Å². The van der Waals surface area contributed by atoms with E-state index in [0.717, 1.165) is 21.2 Å². The summed E-state index contributed by atoms with van der Waals surface area (Å²) in [4.78, 5) is 41.9. The zero-order valence-electron chi connectivity index (χ0n) is 22.9. The molecule has 40 heavy (non-hydrogen) atoms. The highest BCUT2D eigenvalue weighted by Crippen LogP contribution is 2.44. The maximum absolute atomic E-state index is 13.4. The fourth-order valence-electron chi connectivity index (χ4n) is 4.76. The van der Waals surface area contributed by atoms with Crippen LogP contribution in [0.5, 0.6) is 0 Å². The van der Waals surface area contributed by atoms with E-state index in [2.05, 4.69) is 21.3 Å². The van der Waals surface area contributed by atoms with Crippen molar-refractivity contribution >= 4 is 40.9 Å². The Labute approximate surface area is 239 Å². The molecule has 11 heteroatoms. The molecule has 3 amide bonds. The van der Waals surface area contributed by atoms with E-state index in [-0.39, 0.29) is 17.7 Å². The largest absolute Gasteiger partial charge is 0.366 e. The van der Waals surface area contributed by atoms with E-state index in [1.807, 2.05) is 44.2 Å². The predicted octanol–water partition coefficient (Wildman–Crippen LogP) is 2.88. The zero-order chi connectivity index (χ0) is 28.6. The number of amides is 3. The molecule has 4 rings (SSSR count). The predicted molar refractivity (Wildman–Crippen MR) is 154 cm³/mol. The highest BCUT2D eigenvalue weighted by molar-refractivity contribution is 7.99. The summed E-state index contributed by atoms with van der Waals surface area (Å²) in [5.41, 5.74) is 7.89. The van der Waals surface area contributed by atoms with Crippen molar-refractivity contribution in [1.29, 1.82) is 0 Å². The third kappa shape index (κ3) is 7.75. The van der Waals surface area contributed by atoms with Crippen LogP contribution in [0.4, 0.5) is 11.4 Å². The second-order valence-corrected chi connectivity index (χ2v) is 11.7. The lowest BCUT2D eigenvalue weighted by atomic mass is 10.0. The fourth-order valence-corrected chi connectivity index (χ4v) is 5.73. The van der Waals surface area contributed by atoms with E-state index < -0.39 is 30.3 Å². The maximum Gasteiger partial charge on any atom is 0.252 e. The Morgan fingerprint density at radius 2 is 1.82 bits per heavy atom. The van der Waals surface area contributed by atoms with Crippen molar-refractivity contribution in [2.45, 2.75) is 80.2 Å². The normalized spacial score (nSPS) is 19.1. The molecule has 4 atom stereocenters. The number of aliphatic hydroxyl groups excluding tert-OH is 1. The molecule has 0 spiro atoms. The number of fused-ring (bicyclic) bond motifs is 2. The van der Waals surface area contributed by atoms with E-state index in [1.165, 1.54) is 0 Å². The standard InChI is InChI=1S/C29H39N5O5S/c1-17(2)15-23(28(37)33-21-12-14-39-29(21)38)34-27(36)20(8-5-6-13-30)32-26(35)18-10-11-25-22(16-18)31-19-7-3-4-9-24(19)40-25/h3-4,7,9-11,16-17,20-21,23,29,31,38H,5-6,8,12-15,30H2,1-2H3,(H,32,35)(H,33,37)(H,34,36)/t20-,21-,23-,29?/m0/s1. The van der Waals surface area contributed by atoms with Crippen molar-refractivity contribution in [3.05, 3.63) is 48.0 Å². The van der Waals surface area contributed by atoms with Crippen LogP contribution in [0.2, 0.25) is 0 Å². The van der Waals surface area contributed by atoms with Crippen LogP contribution in [0.3, 0.4) is 0 Å². The highest BCUT2D eigenvalue weighted by atomic mass is 32.2. The molecule has 2 aliphatic rings. The molecule has 1 unspecified atom stereocenters. The van der Waals surface area contributed by atoms with Gasteiger partial charge in [0.05, 0.1) is 24.0 Å². The molecule has 2 heterocycles. The van der Waals surface area contributed by atoms with Crippen LogP contribution in [0, 0.1) is 5.92 Å². The topological polar surface area (TPSA) is 155 Å². The van der Waals surface area contributed by atoms with Crippen molar-refractivity contribution in [2.24, 2.45) is 11.7 Å². The molecule has 1 saturated heterocycles. The quantitative estimate of drug-likeness (QED) is 0.182. The minimum atomic E-state index is -1.07. The molecule has 0 aromatic heterocycles. The summed E-state index contributed by atoms with van der Waals surface area (Å²) >= 11 is 1.63. The van der Waals surface area contributed by atoms with Gasteiger partial charge < -0.3 is 36.8 Å². The minimum absolute atomic E-state index is 0.122. The number of aliphatic hydroxyl groups is 1. The van der Waals surface area contributed by atoms with Crippen LogP contribution < -0.4 is 27.0 Å². The van der Waals surface area contributed by atoms with E-state index in [1.54, 1.807) is 23.9 Å². The molecule has 2 aliphatic heterocycles. The van der Waals surface area contributed by atoms with Crippen LogP contribution in [-0.2, 0) is 14.3 Å². The molecule has 0 bridgehead atoms. The Hall–Kier alpha value is -3.12. The second kappa shape index (κ2) is 14.0. The summed E-state index contributed by atoms with van der Waals surface area (Å²) in [6.07, 6.45) is 1.55. The number of benzene rings is 2. The Morgan fingerprint density at radius 3 is 2.55 bits per heavy atom. The van der Waals surface area contributed by atoms with Gasteiger partial charge in [0.25, 0.3) is 5.91 Å². The van der Waals surface area contributed by atoms with Gasteiger partial charge in [0.2, 0.25) is 11.8 Å². The zero-order valence-corrected chi connectivity index (χ0v) is 23.8. The number of carbonyl (C=O) groups is 3. The fraction of sp³-hybridized carbons (Fsp3) is 0.483. The Balaban J connectivity index is 1.45. The van der Waals surface area contributed by atoms with Crippen molar-refractivity contribution in [3.8, 4) is 0 Å². The first-order valence-electron chi connectivity index (χ1n) is 13.8. The molecular formula is C29H39N5O5S. The molecule has 0 saturated carbocycles. The Morgan fingerprint density at radius 1 is 1.05 bits per heavy atom. The third-order valence-electron chi connectivity index (χ3n) is 6.92. The van der Waals surface area contributed by atoms with Crippen molar-refractivity contribution < 1.29 is 24.2 Å². The van der Waals surface area contributed by atoms with Gasteiger partial charge in [-0.25, -0.2) is 0 Å². The van der Waals surface area contributed by atoms with Gasteiger partial charge in [-0.2, -0.15) is 0 Å². The average Bonchev–Trinajstić information content (AvgIpc) is 3.34. The first kappa shape index (κ1) is 29.9. The average molecular weight is 570 g/mol. The molecule has 7 N–H and O–H groups in total.